The minimum Gasteiger partial charge on any atom is -0.337 e. The van der Waals surface area contributed by atoms with E-state index in [1.165, 1.54) is 4.31 Å². The Bertz CT molecular complexity index is 803. The maximum Gasteiger partial charge on any atom is 0.262 e. The minimum atomic E-state index is -3.66. The molecular formula is C15H24N6O2S. The third-order valence-electron chi connectivity index (χ3n) is 4.47. The van der Waals surface area contributed by atoms with Gasteiger partial charge in [-0.2, -0.15) is 9.40 Å². The van der Waals surface area contributed by atoms with Crippen molar-refractivity contribution in [1.29, 1.82) is 0 Å². The van der Waals surface area contributed by atoms with Gasteiger partial charge in [0.1, 0.15) is 11.6 Å². The van der Waals surface area contributed by atoms with Crippen molar-refractivity contribution in [2.75, 3.05) is 6.54 Å². The van der Waals surface area contributed by atoms with Crippen molar-refractivity contribution in [2.45, 2.75) is 57.0 Å². The molecular weight excluding hydrogens is 328 g/mol. The summed E-state index contributed by atoms with van der Waals surface area (Å²) >= 11 is 0. The van der Waals surface area contributed by atoms with E-state index in [0.29, 0.717) is 24.0 Å². The molecule has 1 saturated heterocycles. The van der Waals surface area contributed by atoms with E-state index in [0.717, 1.165) is 19.3 Å². The number of H-pyrrole nitrogens is 1. The third kappa shape index (κ3) is 2.98. The molecule has 0 radical (unpaired) electrons. The second-order valence-corrected chi connectivity index (χ2v) is 8.44. The molecule has 3 heterocycles. The maximum absolute atomic E-state index is 13.1. The highest BCUT2D eigenvalue weighted by molar-refractivity contribution is 7.89. The largest absolute Gasteiger partial charge is 0.337 e. The van der Waals surface area contributed by atoms with Crippen molar-refractivity contribution in [3.8, 4) is 0 Å². The number of piperidine rings is 1. The molecule has 132 valence electrons. The molecule has 1 N–H and O–H groups in total. The first-order valence-electron chi connectivity index (χ1n) is 8.24. The lowest BCUT2D eigenvalue weighted by Crippen LogP contribution is -2.39. The zero-order chi connectivity index (χ0) is 17.5. The van der Waals surface area contributed by atoms with E-state index >= 15 is 0 Å². The van der Waals surface area contributed by atoms with Gasteiger partial charge in [-0.15, -0.1) is 0 Å². The molecule has 0 saturated carbocycles. The maximum atomic E-state index is 13.1. The van der Waals surface area contributed by atoms with Gasteiger partial charge in [0, 0.05) is 25.7 Å². The Hall–Kier alpha value is -1.74. The predicted octanol–water partition coefficient (Wildman–Crippen LogP) is 1.89. The molecule has 0 bridgehead atoms. The molecule has 2 aromatic rings. The topological polar surface area (TPSA) is 96.8 Å². The molecule has 1 aliphatic rings. The van der Waals surface area contributed by atoms with Crippen LogP contribution >= 0.6 is 0 Å². The van der Waals surface area contributed by atoms with Gasteiger partial charge in [0.2, 0.25) is 0 Å². The lowest BCUT2D eigenvalue weighted by molar-refractivity contribution is 0.246. The van der Waals surface area contributed by atoms with Crippen LogP contribution in [0.4, 0.5) is 0 Å². The fourth-order valence-electron chi connectivity index (χ4n) is 2.93. The highest BCUT2D eigenvalue weighted by atomic mass is 32.2. The smallest absolute Gasteiger partial charge is 0.262 e. The van der Waals surface area contributed by atoms with Crippen LogP contribution in [0.2, 0.25) is 0 Å². The van der Waals surface area contributed by atoms with Gasteiger partial charge in [-0.3, -0.25) is 5.10 Å². The van der Waals surface area contributed by atoms with Crippen LogP contribution in [-0.2, 0) is 17.1 Å². The molecule has 1 aliphatic heterocycles. The van der Waals surface area contributed by atoms with Crippen LogP contribution in [0.1, 0.15) is 62.5 Å². The van der Waals surface area contributed by atoms with Crippen molar-refractivity contribution < 1.29 is 8.42 Å². The molecule has 0 unspecified atom stereocenters. The lowest BCUT2D eigenvalue weighted by atomic mass is 10.0. The Labute approximate surface area is 142 Å². The van der Waals surface area contributed by atoms with E-state index in [9.17, 15) is 8.42 Å². The Morgan fingerprint density at radius 1 is 1.29 bits per heavy atom. The normalized spacial score (nSPS) is 20.0. The van der Waals surface area contributed by atoms with Gasteiger partial charge >= 0.3 is 0 Å². The number of hydrogen-bond acceptors (Lipinski definition) is 5. The van der Waals surface area contributed by atoms with Gasteiger partial charge in [0.05, 0.1) is 6.04 Å². The summed E-state index contributed by atoms with van der Waals surface area (Å²) in [5.41, 5.74) is 0. The van der Waals surface area contributed by atoms with Crippen LogP contribution in [0.25, 0.3) is 0 Å². The first kappa shape index (κ1) is 17.1. The molecule has 0 amide bonds. The molecule has 0 aliphatic carbocycles. The SMILES string of the molecule is Cc1nc(S(=O)(=O)N2CCCC[C@H]2c2nc(C(C)C)n[nH]2)cn1C. The van der Waals surface area contributed by atoms with Crippen molar-refractivity contribution in [3.63, 3.8) is 0 Å². The number of imidazole rings is 1. The highest BCUT2D eigenvalue weighted by Crippen LogP contribution is 2.34. The minimum absolute atomic E-state index is 0.0954. The summed E-state index contributed by atoms with van der Waals surface area (Å²) in [6, 6.07) is -0.314. The first-order chi connectivity index (χ1) is 11.3. The Balaban J connectivity index is 1.96. The molecule has 9 heteroatoms. The number of nitrogens with one attached hydrogen (secondary N) is 1. The van der Waals surface area contributed by atoms with Gasteiger partial charge in [0.15, 0.2) is 10.9 Å². The van der Waals surface area contributed by atoms with E-state index in [2.05, 4.69) is 20.2 Å². The first-order valence-corrected chi connectivity index (χ1v) is 9.68. The Morgan fingerprint density at radius 3 is 2.62 bits per heavy atom. The monoisotopic (exact) mass is 352 g/mol. The summed E-state index contributed by atoms with van der Waals surface area (Å²) in [6.45, 7) is 6.29. The highest BCUT2D eigenvalue weighted by Gasteiger charge is 2.37. The summed E-state index contributed by atoms with van der Waals surface area (Å²) in [4.78, 5) is 8.72. The van der Waals surface area contributed by atoms with Crippen LogP contribution in [0.15, 0.2) is 11.2 Å². The van der Waals surface area contributed by atoms with Crippen molar-refractivity contribution in [2.24, 2.45) is 7.05 Å². The van der Waals surface area contributed by atoms with Crippen LogP contribution in [-0.4, -0.2) is 44.0 Å². The summed E-state index contributed by atoms with van der Waals surface area (Å²) in [6.07, 6.45) is 4.11. The van der Waals surface area contributed by atoms with Gasteiger partial charge in [0.25, 0.3) is 10.0 Å². The van der Waals surface area contributed by atoms with E-state index in [4.69, 9.17) is 0 Å². The number of aromatic nitrogens is 5. The summed E-state index contributed by atoms with van der Waals surface area (Å²) in [5.74, 6) is 2.20. The second kappa shape index (κ2) is 6.29. The van der Waals surface area contributed by atoms with Gasteiger partial charge < -0.3 is 4.57 Å². The zero-order valence-electron chi connectivity index (χ0n) is 14.5. The number of aryl methyl sites for hydroxylation is 2. The van der Waals surface area contributed by atoms with Gasteiger partial charge in [-0.25, -0.2) is 18.4 Å². The third-order valence-corrected chi connectivity index (χ3v) is 6.25. The summed E-state index contributed by atoms with van der Waals surface area (Å²) in [5, 5.41) is 7.25. The summed E-state index contributed by atoms with van der Waals surface area (Å²) in [7, 11) is -1.87. The van der Waals surface area contributed by atoms with Crippen LogP contribution < -0.4 is 0 Å². The van der Waals surface area contributed by atoms with Crippen molar-refractivity contribution in [3.05, 3.63) is 23.7 Å². The molecule has 24 heavy (non-hydrogen) atoms. The molecule has 0 spiro atoms. The predicted molar refractivity (Wildman–Crippen MR) is 88.9 cm³/mol. The fourth-order valence-corrected chi connectivity index (χ4v) is 4.62. The average Bonchev–Trinajstić information content (AvgIpc) is 3.15. The van der Waals surface area contributed by atoms with E-state index in [-0.39, 0.29) is 17.0 Å². The van der Waals surface area contributed by atoms with Crippen LogP contribution in [0, 0.1) is 6.92 Å². The molecule has 1 atom stereocenters. The lowest BCUT2D eigenvalue weighted by Gasteiger charge is -2.32. The van der Waals surface area contributed by atoms with Crippen LogP contribution in [0.3, 0.4) is 0 Å². The number of sulfonamides is 1. The van der Waals surface area contributed by atoms with Gasteiger partial charge in [-0.05, 0) is 19.8 Å². The fraction of sp³-hybridized carbons (Fsp3) is 0.667. The van der Waals surface area contributed by atoms with Crippen molar-refractivity contribution >= 4 is 10.0 Å². The second-order valence-electron chi connectivity index (χ2n) is 6.60. The quantitative estimate of drug-likeness (QED) is 0.906. The number of nitrogens with zero attached hydrogens (tertiary/aromatic N) is 5. The Morgan fingerprint density at radius 2 is 2.04 bits per heavy atom. The number of rotatable bonds is 4. The number of aromatic amines is 1. The molecule has 2 aromatic heterocycles. The van der Waals surface area contributed by atoms with Crippen molar-refractivity contribution in [1.82, 2.24) is 29.0 Å². The van der Waals surface area contributed by atoms with E-state index in [1.54, 1.807) is 24.7 Å². The molecule has 8 nitrogen and oxygen atoms in total. The van der Waals surface area contributed by atoms with Crippen LogP contribution in [0.5, 0.6) is 0 Å². The van der Waals surface area contributed by atoms with E-state index in [1.807, 2.05) is 13.8 Å². The Kier molecular flexibility index (Phi) is 4.48. The number of hydrogen-bond donors (Lipinski definition) is 1. The molecule has 0 aromatic carbocycles. The molecule has 3 rings (SSSR count). The van der Waals surface area contributed by atoms with Gasteiger partial charge in [-0.1, -0.05) is 20.3 Å². The summed E-state index contributed by atoms with van der Waals surface area (Å²) < 4.78 is 29.4. The average molecular weight is 352 g/mol. The standard InChI is InChI=1S/C15H24N6O2S/c1-10(2)14-17-15(19-18-14)12-7-5-6-8-21(12)24(22,23)13-9-20(4)11(3)16-13/h9-10,12H,5-8H2,1-4H3,(H,17,18,19)/t12-/m0/s1. The zero-order valence-corrected chi connectivity index (χ0v) is 15.3. The van der Waals surface area contributed by atoms with E-state index < -0.39 is 10.0 Å². The molecule has 1 fully saturated rings.